The van der Waals surface area contributed by atoms with Crippen LogP contribution in [0.25, 0.3) is 0 Å². The van der Waals surface area contributed by atoms with E-state index in [1.54, 1.807) is 65.7 Å². The third kappa shape index (κ3) is 5.34. The summed E-state index contributed by atoms with van der Waals surface area (Å²) in [5.41, 5.74) is 5.23. The second-order valence-corrected chi connectivity index (χ2v) is 10.3. The summed E-state index contributed by atoms with van der Waals surface area (Å²) in [6.07, 6.45) is 2.29. The molecule has 0 saturated carbocycles. The molecule has 4 atom stereocenters. The van der Waals surface area contributed by atoms with Crippen LogP contribution in [0.15, 0.2) is 89.4 Å². The number of nitro groups is 1. The van der Waals surface area contributed by atoms with E-state index in [0.29, 0.717) is 23.5 Å². The van der Waals surface area contributed by atoms with Crippen molar-refractivity contribution in [1.82, 2.24) is 5.01 Å². The van der Waals surface area contributed by atoms with Crippen molar-refractivity contribution < 1.29 is 24.7 Å². The number of carbonyl (C=O) groups is 2. The molecule has 11 nitrogen and oxygen atoms in total. The first-order valence-corrected chi connectivity index (χ1v) is 13.3. The number of hydrogen-bond acceptors (Lipinski definition) is 9. The molecule has 2 amide bonds. The number of nitrogens with one attached hydrogen (secondary N) is 2. The molecule has 0 aliphatic carbocycles. The molecule has 3 aromatic carbocycles. The number of carbonyl (C=O) groups excluding carboxylic acids is 2. The lowest BCUT2D eigenvalue weighted by Gasteiger charge is -2.40. The number of amides is 2. The summed E-state index contributed by atoms with van der Waals surface area (Å²) in [6.45, 7) is 0.326. The van der Waals surface area contributed by atoms with Crippen molar-refractivity contribution in [2.24, 2.45) is 5.92 Å². The van der Waals surface area contributed by atoms with Crippen molar-refractivity contribution in [3.8, 4) is 0 Å². The maximum absolute atomic E-state index is 13.9. The van der Waals surface area contributed by atoms with Crippen LogP contribution in [0.3, 0.4) is 0 Å². The Morgan fingerprint density at radius 3 is 2.20 bits per heavy atom. The molecule has 40 heavy (non-hydrogen) atoms. The smallest absolute Gasteiger partial charge is 0.269 e. The van der Waals surface area contributed by atoms with Gasteiger partial charge in [0, 0.05) is 34.5 Å². The van der Waals surface area contributed by atoms with Gasteiger partial charge in [0.05, 0.1) is 35.3 Å². The second kappa shape index (κ2) is 11.6. The van der Waals surface area contributed by atoms with Gasteiger partial charge in [0.1, 0.15) is 6.04 Å². The summed E-state index contributed by atoms with van der Waals surface area (Å²) in [4.78, 5) is 39.1. The lowest BCUT2D eigenvalue weighted by molar-refractivity contribution is -0.384. The van der Waals surface area contributed by atoms with Crippen LogP contribution in [0.1, 0.15) is 11.7 Å². The fraction of sp³-hybridized carbons (Fsp3) is 0.214. The summed E-state index contributed by atoms with van der Waals surface area (Å²) in [6, 6.07) is 17.8. The Kier molecular flexibility index (Phi) is 7.94. The van der Waals surface area contributed by atoms with Crippen molar-refractivity contribution in [3.05, 3.63) is 105 Å². The highest BCUT2D eigenvalue weighted by Crippen LogP contribution is 2.38. The Bertz CT molecular complexity index is 1430. The number of fused-ring (bicyclic) bond motifs is 1. The molecule has 1 fully saturated rings. The lowest BCUT2D eigenvalue weighted by Crippen LogP contribution is -2.55. The van der Waals surface area contributed by atoms with Crippen LogP contribution in [0.2, 0.25) is 0 Å². The maximum Gasteiger partial charge on any atom is 0.269 e. The van der Waals surface area contributed by atoms with Crippen LogP contribution in [0.5, 0.6) is 0 Å². The number of aliphatic hydroxyl groups is 2. The molecule has 1 saturated heterocycles. The summed E-state index contributed by atoms with van der Waals surface area (Å²) < 4.78 is 0.841. The van der Waals surface area contributed by atoms with Gasteiger partial charge in [0.2, 0.25) is 5.91 Å². The zero-order chi connectivity index (χ0) is 28.4. The van der Waals surface area contributed by atoms with Crippen molar-refractivity contribution in [2.45, 2.75) is 18.2 Å². The fourth-order valence-corrected chi connectivity index (χ4v) is 5.18. The minimum atomic E-state index is -1.07. The second-order valence-electron chi connectivity index (χ2n) is 9.37. The van der Waals surface area contributed by atoms with Crippen molar-refractivity contribution in [3.63, 3.8) is 0 Å². The third-order valence-electron chi connectivity index (χ3n) is 6.89. The minimum Gasteiger partial charge on any atom is -0.395 e. The van der Waals surface area contributed by atoms with Crippen LogP contribution in [-0.4, -0.2) is 57.2 Å². The average Bonchev–Trinajstić information content (AvgIpc) is 3.22. The average molecular weight is 608 g/mol. The van der Waals surface area contributed by atoms with E-state index < -0.39 is 40.8 Å². The third-order valence-corrected chi connectivity index (χ3v) is 7.42. The molecule has 2 aliphatic heterocycles. The highest BCUT2D eigenvalue weighted by atomic mass is 79.9. The zero-order valence-electron chi connectivity index (χ0n) is 21.1. The number of halogens is 1. The van der Waals surface area contributed by atoms with Crippen molar-refractivity contribution >= 4 is 50.5 Å². The largest absolute Gasteiger partial charge is 0.395 e. The van der Waals surface area contributed by atoms with Crippen LogP contribution in [-0.2, 0) is 9.59 Å². The van der Waals surface area contributed by atoms with Crippen LogP contribution >= 0.6 is 15.9 Å². The van der Waals surface area contributed by atoms with Crippen molar-refractivity contribution in [1.29, 1.82) is 0 Å². The van der Waals surface area contributed by atoms with Crippen LogP contribution in [0, 0.1) is 16.0 Å². The highest BCUT2D eigenvalue weighted by Gasteiger charge is 2.54. The summed E-state index contributed by atoms with van der Waals surface area (Å²) in [7, 11) is 0. The zero-order valence-corrected chi connectivity index (χ0v) is 22.6. The number of hydrazine groups is 1. The van der Waals surface area contributed by atoms with Gasteiger partial charge in [-0.3, -0.25) is 19.7 Å². The fourth-order valence-electron chi connectivity index (χ4n) is 4.92. The Morgan fingerprint density at radius 1 is 0.925 bits per heavy atom. The number of hydrogen-bond donors (Lipinski definition) is 4. The molecular weight excluding hydrogens is 582 g/mol. The molecule has 3 unspecified atom stereocenters. The van der Waals surface area contributed by atoms with Gasteiger partial charge in [0.15, 0.2) is 0 Å². The Balaban J connectivity index is 1.49. The molecule has 3 aromatic rings. The number of aliphatic hydroxyl groups excluding tert-OH is 2. The number of non-ortho nitro benzene ring substituents is 1. The van der Waals surface area contributed by atoms with Crippen LogP contribution in [0.4, 0.5) is 22.7 Å². The van der Waals surface area contributed by atoms with Gasteiger partial charge in [0.25, 0.3) is 11.6 Å². The molecule has 0 radical (unpaired) electrons. The summed E-state index contributed by atoms with van der Waals surface area (Å²) in [5, 5.41) is 36.1. The number of benzene rings is 3. The van der Waals surface area contributed by atoms with Gasteiger partial charge in [-0.05, 0) is 54.1 Å². The first-order valence-electron chi connectivity index (χ1n) is 12.5. The molecule has 0 aromatic heterocycles. The molecule has 12 heteroatoms. The topological polar surface area (TPSA) is 148 Å². The first-order chi connectivity index (χ1) is 19.3. The van der Waals surface area contributed by atoms with E-state index in [9.17, 15) is 24.8 Å². The SMILES string of the molecule is O=C1C2C=CC([C@H](O)c3ccc(Br)cc3)N(Nc3ccc([N+](=O)[O-])cc3)C2C(=O)N1c1ccc(NCCO)cc1. The monoisotopic (exact) mass is 607 g/mol. The first kappa shape index (κ1) is 27.5. The van der Waals surface area contributed by atoms with Crippen LogP contribution < -0.4 is 15.6 Å². The number of rotatable bonds is 9. The van der Waals surface area contributed by atoms with Crippen molar-refractivity contribution in [2.75, 3.05) is 28.8 Å². The molecule has 2 aliphatic rings. The van der Waals surface area contributed by atoms with E-state index in [-0.39, 0.29) is 12.3 Å². The molecule has 0 spiro atoms. The Labute approximate surface area is 238 Å². The van der Waals surface area contributed by atoms with Gasteiger partial charge in [-0.15, -0.1) is 0 Å². The Hall–Kier alpha value is -4.10. The lowest BCUT2D eigenvalue weighted by atomic mass is 9.90. The van der Waals surface area contributed by atoms with Gasteiger partial charge < -0.3 is 21.0 Å². The van der Waals surface area contributed by atoms with E-state index in [0.717, 1.165) is 15.1 Å². The summed E-state index contributed by atoms with van der Waals surface area (Å²) >= 11 is 3.39. The molecular formula is C28H26BrN5O6. The van der Waals surface area contributed by atoms with Gasteiger partial charge in [-0.25, -0.2) is 9.91 Å². The van der Waals surface area contributed by atoms with Gasteiger partial charge in [-0.2, -0.15) is 0 Å². The number of nitrogens with zero attached hydrogens (tertiary/aromatic N) is 3. The Morgan fingerprint density at radius 2 is 1.57 bits per heavy atom. The highest BCUT2D eigenvalue weighted by molar-refractivity contribution is 9.10. The quantitative estimate of drug-likeness (QED) is 0.124. The number of imide groups is 1. The standard InChI is InChI=1S/C28H26BrN5O6/c29-18-3-1-17(2-4-18)26(36)24-14-13-23-25(33(24)31-20-7-11-22(12-8-20)34(39)40)28(38)32(27(23)37)21-9-5-19(6-10-21)30-15-16-35/h1-14,23-26,30-31,35-36H,15-16H2/t23?,24?,25?,26-/m1/s1. The van der Waals surface area contributed by atoms with E-state index >= 15 is 0 Å². The molecule has 2 heterocycles. The predicted octanol–water partition coefficient (Wildman–Crippen LogP) is 3.62. The molecule has 5 rings (SSSR count). The van der Waals surface area contributed by atoms with Gasteiger partial charge in [-0.1, -0.05) is 40.2 Å². The van der Waals surface area contributed by atoms with Gasteiger partial charge >= 0.3 is 0 Å². The predicted molar refractivity (Wildman–Crippen MR) is 152 cm³/mol. The molecule has 4 N–H and O–H groups in total. The number of anilines is 3. The minimum absolute atomic E-state index is 0.0363. The van der Waals surface area contributed by atoms with E-state index in [1.807, 2.05) is 0 Å². The number of nitro benzene ring substituents is 1. The molecule has 206 valence electrons. The van der Waals surface area contributed by atoms with E-state index in [2.05, 4.69) is 26.7 Å². The normalized spacial score (nSPS) is 21.3. The van der Waals surface area contributed by atoms with E-state index in [4.69, 9.17) is 5.11 Å². The van der Waals surface area contributed by atoms with E-state index in [1.165, 1.54) is 24.3 Å². The molecule has 0 bridgehead atoms. The maximum atomic E-state index is 13.9. The summed E-state index contributed by atoms with van der Waals surface area (Å²) in [5.74, 6) is -1.70.